The fourth-order valence-corrected chi connectivity index (χ4v) is 2.46. The maximum Gasteiger partial charge on any atom is 0.235 e. The van der Waals surface area contributed by atoms with Gasteiger partial charge in [0.15, 0.2) is 0 Å². The predicted molar refractivity (Wildman–Crippen MR) is 62.6 cm³/mol. The SMILES string of the molecule is CCC1CNCCC1c1nccnc1OC. The molecule has 1 saturated heterocycles. The normalized spacial score (nSPS) is 25.4. The summed E-state index contributed by atoms with van der Waals surface area (Å²) in [5, 5.41) is 3.43. The molecule has 0 aromatic carbocycles. The van der Waals surface area contributed by atoms with Crippen LogP contribution in [0, 0.1) is 5.92 Å². The molecule has 2 rings (SSSR count). The van der Waals surface area contributed by atoms with E-state index < -0.39 is 0 Å². The van der Waals surface area contributed by atoms with Gasteiger partial charge < -0.3 is 10.1 Å². The summed E-state index contributed by atoms with van der Waals surface area (Å²) in [6.07, 6.45) is 5.72. The second-order valence-corrected chi connectivity index (χ2v) is 4.22. The van der Waals surface area contributed by atoms with Gasteiger partial charge in [0.1, 0.15) is 5.69 Å². The lowest BCUT2D eigenvalue weighted by atomic mass is 9.82. The van der Waals surface area contributed by atoms with Crippen LogP contribution < -0.4 is 10.1 Å². The van der Waals surface area contributed by atoms with Gasteiger partial charge in [0, 0.05) is 18.3 Å². The summed E-state index contributed by atoms with van der Waals surface area (Å²) in [4.78, 5) is 8.69. The summed E-state index contributed by atoms with van der Waals surface area (Å²) in [5.41, 5.74) is 1.03. The highest BCUT2D eigenvalue weighted by atomic mass is 16.5. The lowest BCUT2D eigenvalue weighted by molar-refractivity contribution is 0.298. The minimum absolute atomic E-state index is 0.481. The number of piperidine rings is 1. The molecule has 2 atom stereocenters. The van der Waals surface area contributed by atoms with Crippen molar-refractivity contribution in [2.45, 2.75) is 25.7 Å². The van der Waals surface area contributed by atoms with Gasteiger partial charge in [-0.15, -0.1) is 0 Å². The first-order valence-corrected chi connectivity index (χ1v) is 5.92. The molecular weight excluding hydrogens is 202 g/mol. The molecule has 1 fully saturated rings. The lowest BCUT2D eigenvalue weighted by Gasteiger charge is -2.31. The second-order valence-electron chi connectivity index (χ2n) is 4.22. The number of aromatic nitrogens is 2. The average molecular weight is 221 g/mol. The fraction of sp³-hybridized carbons (Fsp3) is 0.667. The van der Waals surface area contributed by atoms with Crippen molar-refractivity contribution in [2.24, 2.45) is 5.92 Å². The Kier molecular flexibility index (Phi) is 3.72. The van der Waals surface area contributed by atoms with Crippen LogP contribution in [0.1, 0.15) is 31.4 Å². The van der Waals surface area contributed by atoms with E-state index in [9.17, 15) is 0 Å². The molecule has 0 bridgehead atoms. The molecule has 0 amide bonds. The molecule has 0 saturated carbocycles. The molecular formula is C12H19N3O. The fourth-order valence-electron chi connectivity index (χ4n) is 2.46. The molecule has 2 heterocycles. The Morgan fingerprint density at radius 3 is 3.00 bits per heavy atom. The van der Waals surface area contributed by atoms with Crippen LogP contribution in [0.15, 0.2) is 12.4 Å². The summed E-state index contributed by atoms with van der Waals surface area (Å²) < 4.78 is 5.30. The topological polar surface area (TPSA) is 47.0 Å². The number of nitrogens with zero attached hydrogens (tertiary/aromatic N) is 2. The molecule has 1 aromatic heterocycles. The van der Waals surface area contributed by atoms with Crippen molar-refractivity contribution in [2.75, 3.05) is 20.2 Å². The quantitative estimate of drug-likeness (QED) is 0.842. The molecule has 16 heavy (non-hydrogen) atoms. The first-order chi connectivity index (χ1) is 7.86. The molecule has 88 valence electrons. The molecule has 4 nitrogen and oxygen atoms in total. The van der Waals surface area contributed by atoms with Gasteiger partial charge >= 0.3 is 0 Å². The van der Waals surface area contributed by atoms with Gasteiger partial charge in [0.2, 0.25) is 5.88 Å². The number of methoxy groups -OCH3 is 1. The summed E-state index contributed by atoms with van der Waals surface area (Å²) >= 11 is 0. The summed E-state index contributed by atoms with van der Waals surface area (Å²) in [5.74, 6) is 1.81. The van der Waals surface area contributed by atoms with E-state index in [1.807, 2.05) is 0 Å². The van der Waals surface area contributed by atoms with Crippen molar-refractivity contribution in [3.63, 3.8) is 0 Å². The zero-order chi connectivity index (χ0) is 11.4. The van der Waals surface area contributed by atoms with E-state index in [-0.39, 0.29) is 0 Å². The van der Waals surface area contributed by atoms with E-state index >= 15 is 0 Å². The maximum atomic E-state index is 5.30. The highest BCUT2D eigenvalue weighted by Gasteiger charge is 2.28. The van der Waals surface area contributed by atoms with E-state index in [0.29, 0.717) is 17.7 Å². The Balaban J connectivity index is 2.26. The van der Waals surface area contributed by atoms with E-state index in [0.717, 1.165) is 31.6 Å². The van der Waals surface area contributed by atoms with Crippen LogP contribution in [0.5, 0.6) is 5.88 Å². The Morgan fingerprint density at radius 1 is 1.44 bits per heavy atom. The van der Waals surface area contributed by atoms with Crippen molar-refractivity contribution in [1.29, 1.82) is 0 Å². The van der Waals surface area contributed by atoms with Crippen molar-refractivity contribution < 1.29 is 4.74 Å². The summed E-state index contributed by atoms with van der Waals surface area (Å²) in [6, 6.07) is 0. The van der Waals surface area contributed by atoms with E-state index in [1.165, 1.54) is 0 Å². The zero-order valence-electron chi connectivity index (χ0n) is 9.94. The van der Waals surface area contributed by atoms with Crippen LogP contribution in [0.3, 0.4) is 0 Å². The third kappa shape index (κ3) is 2.16. The van der Waals surface area contributed by atoms with E-state index in [1.54, 1.807) is 19.5 Å². The van der Waals surface area contributed by atoms with Crippen molar-refractivity contribution in [3.05, 3.63) is 18.1 Å². The molecule has 1 aliphatic rings. The minimum Gasteiger partial charge on any atom is -0.480 e. The van der Waals surface area contributed by atoms with Crippen LogP contribution in [0.2, 0.25) is 0 Å². The molecule has 2 unspecified atom stereocenters. The zero-order valence-corrected chi connectivity index (χ0v) is 9.94. The number of hydrogen-bond donors (Lipinski definition) is 1. The van der Waals surface area contributed by atoms with E-state index in [2.05, 4.69) is 22.2 Å². The van der Waals surface area contributed by atoms with E-state index in [4.69, 9.17) is 4.74 Å². The first kappa shape index (κ1) is 11.3. The van der Waals surface area contributed by atoms with Crippen molar-refractivity contribution >= 4 is 0 Å². The average Bonchev–Trinajstić information content (AvgIpc) is 2.38. The summed E-state index contributed by atoms with van der Waals surface area (Å²) in [6.45, 7) is 4.36. The predicted octanol–water partition coefficient (Wildman–Crippen LogP) is 1.59. The highest BCUT2D eigenvalue weighted by Crippen LogP contribution is 2.34. The molecule has 0 spiro atoms. The van der Waals surface area contributed by atoms with Crippen molar-refractivity contribution in [3.8, 4) is 5.88 Å². The van der Waals surface area contributed by atoms with Crippen LogP contribution in [0.25, 0.3) is 0 Å². The van der Waals surface area contributed by atoms with Crippen LogP contribution in [-0.2, 0) is 0 Å². The minimum atomic E-state index is 0.481. The first-order valence-electron chi connectivity index (χ1n) is 5.92. The monoisotopic (exact) mass is 221 g/mol. The third-order valence-corrected chi connectivity index (χ3v) is 3.37. The Morgan fingerprint density at radius 2 is 2.25 bits per heavy atom. The molecule has 4 heteroatoms. The van der Waals surface area contributed by atoms with Gasteiger partial charge in [-0.05, 0) is 25.4 Å². The number of nitrogens with one attached hydrogen (secondary N) is 1. The van der Waals surface area contributed by atoms with Crippen molar-refractivity contribution in [1.82, 2.24) is 15.3 Å². The van der Waals surface area contributed by atoms with Gasteiger partial charge in [0.25, 0.3) is 0 Å². The summed E-state index contributed by atoms with van der Waals surface area (Å²) in [7, 11) is 1.66. The molecule has 1 N–H and O–H groups in total. The van der Waals surface area contributed by atoms with Gasteiger partial charge in [0.05, 0.1) is 7.11 Å². The third-order valence-electron chi connectivity index (χ3n) is 3.37. The highest BCUT2D eigenvalue weighted by molar-refractivity contribution is 5.23. The Labute approximate surface area is 96.4 Å². The Bertz CT molecular complexity index is 343. The van der Waals surface area contributed by atoms with Gasteiger partial charge in [-0.2, -0.15) is 0 Å². The van der Waals surface area contributed by atoms with Gasteiger partial charge in [-0.1, -0.05) is 13.3 Å². The standard InChI is InChI=1S/C12H19N3O/c1-3-9-8-13-5-4-10(9)11-12(16-2)15-7-6-14-11/h6-7,9-10,13H,3-5,8H2,1-2H3. The van der Waals surface area contributed by atoms with Gasteiger partial charge in [-0.3, -0.25) is 4.98 Å². The smallest absolute Gasteiger partial charge is 0.235 e. The molecule has 1 aliphatic heterocycles. The largest absolute Gasteiger partial charge is 0.480 e. The molecule has 0 radical (unpaired) electrons. The maximum absolute atomic E-state index is 5.30. The lowest BCUT2D eigenvalue weighted by Crippen LogP contribution is -2.35. The second kappa shape index (κ2) is 5.25. The number of hydrogen-bond acceptors (Lipinski definition) is 4. The van der Waals surface area contributed by atoms with Crippen LogP contribution in [-0.4, -0.2) is 30.2 Å². The Hall–Kier alpha value is -1.16. The molecule has 1 aromatic rings. The van der Waals surface area contributed by atoms with Crippen LogP contribution >= 0.6 is 0 Å². The number of ether oxygens (including phenoxy) is 1. The van der Waals surface area contributed by atoms with Crippen LogP contribution in [0.4, 0.5) is 0 Å². The van der Waals surface area contributed by atoms with Gasteiger partial charge in [-0.25, -0.2) is 4.98 Å². The number of rotatable bonds is 3. The molecule has 0 aliphatic carbocycles.